The molecule has 0 spiro atoms. The van der Waals surface area contributed by atoms with E-state index in [4.69, 9.17) is 5.41 Å². The van der Waals surface area contributed by atoms with Gasteiger partial charge in [0.25, 0.3) is 0 Å². The fourth-order valence-electron chi connectivity index (χ4n) is 3.98. The zero-order chi connectivity index (χ0) is 21.8. The summed E-state index contributed by atoms with van der Waals surface area (Å²) in [5.74, 6) is 0.245. The molecule has 8 heteroatoms. The summed E-state index contributed by atoms with van der Waals surface area (Å²) >= 11 is 0. The molecule has 1 aromatic carbocycles. The maximum absolute atomic E-state index is 14.2. The van der Waals surface area contributed by atoms with Crippen LogP contribution in [0.15, 0.2) is 58.8 Å². The second-order valence-electron chi connectivity index (χ2n) is 7.96. The van der Waals surface area contributed by atoms with Crippen LogP contribution in [0.25, 0.3) is 11.3 Å². The van der Waals surface area contributed by atoms with Crippen LogP contribution in [-0.2, 0) is 4.79 Å². The monoisotopic (exact) mass is 438 g/mol. The predicted molar refractivity (Wildman–Crippen MR) is 123 cm³/mol. The highest BCUT2D eigenvalue weighted by molar-refractivity contribution is 7.37. The molecule has 0 bridgehead atoms. The second kappa shape index (κ2) is 9.56. The van der Waals surface area contributed by atoms with Crippen LogP contribution < -0.4 is 5.09 Å². The van der Waals surface area contributed by atoms with E-state index in [1.807, 2.05) is 35.9 Å². The first-order valence-corrected chi connectivity index (χ1v) is 11.7. The van der Waals surface area contributed by atoms with Crippen LogP contribution in [0.2, 0.25) is 0 Å². The number of allylic oxidation sites excluding steroid dienone is 4. The van der Waals surface area contributed by atoms with Gasteiger partial charge in [0.2, 0.25) is 17.8 Å². The second-order valence-corrected chi connectivity index (χ2v) is 9.32. The first kappa shape index (κ1) is 21.4. The highest BCUT2D eigenvalue weighted by Gasteiger charge is 2.28. The molecule has 1 saturated carbocycles. The Morgan fingerprint density at radius 2 is 2.06 bits per heavy atom. The summed E-state index contributed by atoms with van der Waals surface area (Å²) in [7, 11) is 0.475. The minimum Gasteiger partial charge on any atom is -0.338 e. The molecule has 160 valence electrons. The Balaban J connectivity index is 1.42. The Kier molecular flexibility index (Phi) is 6.62. The molecule has 3 atom stereocenters. The third-order valence-corrected chi connectivity index (χ3v) is 7.07. The minimum absolute atomic E-state index is 0.0459. The van der Waals surface area contributed by atoms with E-state index in [0.29, 0.717) is 32.3 Å². The topological polar surface area (TPSA) is 80.7 Å². The molecule has 31 heavy (non-hydrogen) atoms. The smallest absolute Gasteiger partial charge is 0.222 e. The average Bonchev–Trinajstić information content (AvgIpc) is 3.42. The number of benzene rings is 1. The number of carbonyl (C=O) groups is 1. The van der Waals surface area contributed by atoms with Crippen molar-refractivity contribution in [2.45, 2.75) is 44.7 Å². The maximum Gasteiger partial charge on any atom is 0.222 e. The summed E-state index contributed by atoms with van der Waals surface area (Å²) in [5, 5.41) is 18.9. The molecule has 0 aromatic heterocycles. The van der Waals surface area contributed by atoms with Crippen molar-refractivity contribution < 1.29 is 13.9 Å². The third-order valence-electron chi connectivity index (χ3n) is 5.72. The lowest BCUT2D eigenvalue weighted by Crippen LogP contribution is -2.16. The normalized spacial score (nSPS) is 24.6. The van der Waals surface area contributed by atoms with Crippen LogP contribution >= 0.6 is 8.73 Å². The molecule has 4 rings (SSSR count). The van der Waals surface area contributed by atoms with Crippen molar-refractivity contribution in [1.82, 2.24) is 5.09 Å². The number of hydrogen-bond acceptors (Lipinski definition) is 4. The molecule has 6 nitrogen and oxygen atoms in total. The molecule has 1 aliphatic heterocycles. The summed E-state index contributed by atoms with van der Waals surface area (Å²) in [6.07, 6.45) is 11.0. The third kappa shape index (κ3) is 5.10. The number of amides is 1. The molecular formula is C23H26FN5OP+. The maximum atomic E-state index is 14.2. The van der Waals surface area contributed by atoms with Crippen molar-refractivity contribution in [3.05, 3.63) is 59.6 Å². The number of halogens is 1. The average molecular weight is 438 g/mol. The lowest BCUT2D eigenvalue weighted by Gasteiger charge is -2.11. The number of rotatable bonds is 6. The van der Waals surface area contributed by atoms with Crippen molar-refractivity contribution in [3.8, 4) is 0 Å². The minimum atomic E-state index is -0.271. The van der Waals surface area contributed by atoms with Crippen LogP contribution in [0.3, 0.4) is 0 Å². The van der Waals surface area contributed by atoms with Gasteiger partial charge in [-0.3, -0.25) is 4.79 Å². The van der Waals surface area contributed by atoms with E-state index >= 15 is 0 Å². The summed E-state index contributed by atoms with van der Waals surface area (Å²) in [5.41, 5.74) is 4.00. The van der Waals surface area contributed by atoms with Gasteiger partial charge in [-0.25, -0.2) is 4.39 Å². The molecule has 1 fully saturated rings. The van der Waals surface area contributed by atoms with Crippen molar-refractivity contribution in [1.29, 1.82) is 5.41 Å². The van der Waals surface area contributed by atoms with Crippen molar-refractivity contribution >= 4 is 37.8 Å². The standard InChI is InChI=1S/C23H25FN5OP/c1-2-23(30)27-31-19-9-3-15(11-19)14-29-22(13-26-28-29)17-6-4-16(5-7-17)20-10-8-18(25)12-21(20)24/h4-8,10,13-15,19,25,31H,2-3,9,11-12H2,1H3/p+1. The van der Waals surface area contributed by atoms with E-state index in [-0.39, 0.29) is 23.9 Å². The summed E-state index contributed by atoms with van der Waals surface area (Å²) in [6, 6.07) is 7.69. The van der Waals surface area contributed by atoms with Crippen molar-refractivity contribution in [2.24, 2.45) is 16.3 Å². The fourth-order valence-corrected chi connectivity index (χ4v) is 5.26. The van der Waals surface area contributed by atoms with Crippen molar-refractivity contribution in [2.75, 3.05) is 0 Å². The Morgan fingerprint density at radius 3 is 2.81 bits per heavy atom. The Hall–Kier alpha value is -2.79. The van der Waals surface area contributed by atoms with E-state index in [2.05, 4.69) is 21.6 Å². The van der Waals surface area contributed by atoms with Crippen molar-refractivity contribution in [3.63, 3.8) is 0 Å². The summed E-state index contributed by atoms with van der Waals surface area (Å²) in [4.78, 5) is 11.5. The quantitative estimate of drug-likeness (QED) is 0.453. The van der Waals surface area contributed by atoms with Gasteiger partial charge in [-0.2, -0.15) is 0 Å². The van der Waals surface area contributed by atoms with Crippen LogP contribution in [0, 0.1) is 11.3 Å². The van der Waals surface area contributed by atoms with Gasteiger partial charge in [-0.1, -0.05) is 19.1 Å². The molecule has 2 N–H and O–H groups in total. The Bertz CT molecular complexity index is 1040. The summed E-state index contributed by atoms with van der Waals surface area (Å²) in [6.45, 7) is 1.87. The van der Waals surface area contributed by atoms with Crippen LogP contribution in [-0.4, -0.2) is 28.2 Å². The van der Waals surface area contributed by atoms with Gasteiger partial charge in [0, 0.05) is 35.6 Å². The van der Waals surface area contributed by atoms with Crippen LogP contribution in [0.4, 0.5) is 4.39 Å². The lowest BCUT2D eigenvalue weighted by molar-refractivity contribution is -0.437. The molecule has 1 heterocycles. The number of nitrogens with zero attached hydrogens (tertiary/aromatic N) is 3. The van der Waals surface area contributed by atoms with E-state index in [9.17, 15) is 9.18 Å². The molecule has 0 radical (unpaired) electrons. The van der Waals surface area contributed by atoms with Crippen LogP contribution in [0.1, 0.15) is 50.2 Å². The van der Waals surface area contributed by atoms with Gasteiger partial charge in [0.1, 0.15) is 17.3 Å². The van der Waals surface area contributed by atoms with Gasteiger partial charge < -0.3 is 10.5 Å². The van der Waals surface area contributed by atoms with E-state index < -0.39 is 0 Å². The van der Waals surface area contributed by atoms with Gasteiger partial charge in [0.05, 0.1) is 5.11 Å². The number of carbonyl (C=O) groups excluding carboxylic acids is 1. The molecule has 1 amide bonds. The highest BCUT2D eigenvalue weighted by Crippen LogP contribution is 2.36. The Morgan fingerprint density at radius 1 is 1.29 bits per heavy atom. The number of nitrogens with one attached hydrogen (secondary N) is 2. The van der Waals surface area contributed by atoms with Gasteiger partial charge in [0.15, 0.2) is 0 Å². The molecule has 3 unspecified atom stereocenters. The van der Waals surface area contributed by atoms with E-state index in [1.54, 1.807) is 18.4 Å². The van der Waals surface area contributed by atoms with Gasteiger partial charge in [-0.15, -0.1) is 4.68 Å². The molecule has 2 aliphatic carbocycles. The van der Waals surface area contributed by atoms with E-state index in [1.165, 1.54) is 0 Å². The molecule has 1 aromatic rings. The van der Waals surface area contributed by atoms with Gasteiger partial charge >= 0.3 is 0 Å². The number of hydrogen-bond donors (Lipinski definition) is 2. The Labute approximate surface area is 183 Å². The van der Waals surface area contributed by atoms with Gasteiger partial charge in [-0.05, 0) is 63.5 Å². The van der Waals surface area contributed by atoms with Crippen LogP contribution in [0.5, 0.6) is 0 Å². The molecular weight excluding hydrogens is 412 g/mol. The predicted octanol–water partition coefficient (Wildman–Crippen LogP) is 5.40. The largest absolute Gasteiger partial charge is 0.338 e. The SMILES string of the molecule is CCC(=O)NPC1CCC(C=[N+]2N=NC=C2c2ccc(C3=C(F)CC(=N)C=C3)cc2)C1. The highest BCUT2D eigenvalue weighted by atomic mass is 31.1. The zero-order valence-corrected chi connectivity index (χ0v) is 18.4. The molecule has 3 aliphatic rings. The lowest BCUT2D eigenvalue weighted by atomic mass is 9.96. The molecule has 0 saturated heterocycles. The fraction of sp³-hybridized carbons (Fsp3) is 0.348. The first-order chi connectivity index (χ1) is 15.0. The van der Waals surface area contributed by atoms with E-state index in [0.717, 1.165) is 36.1 Å². The zero-order valence-electron chi connectivity index (χ0n) is 17.4. The first-order valence-electron chi connectivity index (χ1n) is 10.6. The summed E-state index contributed by atoms with van der Waals surface area (Å²) < 4.78 is 16.1.